The Kier molecular flexibility index (Phi) is 5.79. The summed E-state index contributed by atoms with van der Waals surface area (Å²) < 4.78 is 0. The van der Waals surface area contributed by atoms with Gasteiger partial charge in [0.25, 0.3) is 0 Å². The lowest BCUT2D eigenvalue weighted by Gasteiger charge is -2.33. The molecule has 0 saturated carbocycles. The molecule has 1 aromatic carbocycles. The third kappa shape index (κ3) is 4.11. The number of thioether (sulfide) groups is 1. The van der Waals surface area contributed by atoms with Crippen LogP contribution in [0.4, 0.5) is 5.69 Å². The number of hydrogen-bond donors (Lipinski definition) is 1. The molecule has 1 N–H and O–H groups in total. The van der Waals surface area contributed by atoms with E-state index >= 15 is 0 Å². The molecule has 0 aliphatic carbocycles. The number of amides is 2. The van der Waals surface area contributed by atoms with Crippen molar-refractivity contribution in [2.24, 2.45) is 0 Å². The summed E-state index contributed by atoms with van der Waals surface area (Å²) in [6, 6.07) is 8.02. The highest BCUT2D eigenvalue weighted by Crippen LogP contribution is 2.34. The minimum Gasteiger partial charge on any atom is -0.352 e. The summed E-state index contributed by atoms with van der Waals surface area (Å²) in [5, 5.41) is 3.11. The van der Waals surface area contributed by atoms with Crippen molar-refractivity contribution in [3.05, 3.63) is 24.3 Å². The van der Waals surface area contributed by atoms with Crippen LogP contribution in [0.25, 0.3) is 0 Å². The van der Waals surface area contributed by atoms with Gasteiger partial charge in [-0.2, -0.15) is 0 Å². The number of carbonyl (C=O) groups is 2. The van der Waals surface area contributed by atoms with Crippen LogP contribution in [-0.2, 0) is 9.59 Å². The van der Waals surface area contributed by atoms with E-state index in [1.165, 1.54) is 18.2 Å². The molecular formula is C18H25N3O2S. The second-order valence-electron chi connectivity index (χ2n) is 6.42. The summed E-state index contributed by atoms with van der Waals surface area (Å²) in [7, 11) is 0. The fourth-order valence-corrected chi connectivity index (χ4v) is 4.30. The van der Waals surface area contributed by atoms with E-state index < -0.39 is 0 Å². The van der Waals surface area contributed by atoms with Gasteiger partial charge < -0.3 is 15.1 Å². The third-order valence-corrected chi connectivity index (χ3v) is 5.65. The number of hydrogen-bond acceptors (Lipinski definition) is 4. The normalized spacial score (nSPS) is 19.2. The van der Waals surface area contributed by atoms with Crippen LogP contribution in [-0.4, -0.2) is 54.7 Å². The fourth-order valence-electron chi connectivity index (χ4n) is 3.36. The van der Waals surface area contributed by atoms with Crippen molar-refractivity contribution in [2.45, 2.75) is 37.1 Å². The highest BCUT2D eigenvalue weighted by atomic mass is 32.2. The first-order chi connectivity index (χ1) is 11.7. The fraction of sp³-hybridized carbons (Fsp3) is 0.556. The van der Waals surface area contributed by atoms with Gasteiger partial charge in [0.05, 0.1) is 11.4 Å². The number of piperidine rings is 1. The molecule has 5 nitrogen and oxygen atoms in total. The number of para-hydroxylation sites is 1. The molecule has 0 radical (unpaired) electrons. The highest BCUT2D eigenvalue weighted by molar-refractivity contribution is 8.00. The summed E-state index contributed by atoms with van der Waals surface area (Å²) in [5.74, 6) is 0.352. The Balaban J connectivity index is 1.55. The molecule has 2 heterocycles. The van der Waals surface area contributed by atoms with Gasteiger partial charge in [0.2, 0.25) is 11.8 Å². The van der Waals surface area contributed by atoms with Crippen LogP contribution in [0.5, 0.6) is 0 Å². The Bertz CT molecular complexity index is 600. The topological polar surface area (TPSA) is 52.7 Å². The van der Waals surface area contributed by atoms with Gasteiger partial charge in [0.15, 0.2) is 0 Å². The van der Waals surface area contributed by atoms with Crippen LogP contribution in [0.15, 0.2) is 29.2 Å². The molecule has 0 atom stereocenters. The first-order valence-corrected chi connectivity index (χ1v) is 9.70. The molecule has 24 heavy (non-hydrogen) atoms. The number of carbonyl (C=O) groups excluding carboxylic acids is 2. The van der Waals surface area contributed by atoms with Crippen LogP contribution in [0.1, 0.15) is 26.2 Å². The first-order valence-electron chi connectivity index (χ1n) is 8.71. The van der Waals surface area contributed by atoms with Gasteiger partial charge in [-0.3, -0.25) is 9.59 Å². The monoisotopic (exact) mass is 347 g/mol. The number of fused-ring (bicyclic) bond motifs is 1. The Morgan fingerprint density at radius 2 is 2.04 bits per heavy atom. The first kappa shape index (κ1) is 17.3. The average Bonchev–Trinajstić information content (AvgIpc) is 2.59. The minimum atomic E-state index is -0.0565. The van der Waals surface area contributed by atoms with Gasteiger partial charge in [0.1, 0.15) is 6.54 Å². The zero-order valence-corrected chi connectivity index (χ0v) is 15.0. The van der Waals surface area contributed by atoms with Crippen LogP contribution in [0, 0.1) is 0 Å². The van der Waals surface area contributed by atoms with Crippen molar-refractivity contribution in [1.29, 1.82) is 0 Å². The Labute approximate surface area is 147 Å². The molecule has 0 unspecified atom stereocenters. The van der Waals surface area contributed by atoms with Crippen molar-refractivity contribution in [2.75, 3.05) is 36.8 Å². The molecule has 0 bridgehead atoms. The van der Waals surface area contributed by atoms with E-state index in [1.807, 2.05) is 24.3 Å². The maximum Gasteiger partial charge on any atom is 0.240 e. The molecule has 130 valence electrons. The van der Waals surface area contributed by atoms with Crippen LogP contribution in [0.2, 0.25) is 0 Å². The lowest BCUT2D eigenvalue weighted by atomic mass is 10.0. The smallest absolute Gasteiger partial charge is 0.240 e. The zero-order valence-electron chi connectivity index (χ0n) is 14.2. The average molecular weight is 347 g/mol. The van der Waals surface area contributed by atoms with Crippen molar-refractivity contribution >= 4 is 29.3 Å². The number of nitrogens with one attached hydrogen (secondary N) is 1. The lowest BCUT2D eigenvalue weighted by molar-refractivity contribution is -0.123. The summed E-state index contributed by atoms with van der Waals surface area (Å²) in [4.78, 5) is 29.8. The van der Waals surface area contributed by atoms with Crippen molar-refractivity contribution in [1.82, 2.24) is 10.2 Å². The number of likely N-dealkylation sites (tertiary alicyclic amines) is 1. The van der Waals surface area contributed by atoms with E-state index in [-0.39, 0.29) is 24.4 Å². The second kappa shape index (κ2) is 8.03. The molecule has 0 aromatic heterocycles. The predicted molar refractivity (Wildman–Crippen MR) is 97.4 cm³/mol. The van der Waals surface area contributed by atoms with E-state index in [1.54, 1.807) is 4.90 Å². The van der Waals surface area contributed by atoms with E-state index in [0.29, 0.717) is 5.75 Å². The van der Waals surface area contributed by atoms with Crippen LogP contribution >= 0.6 is 11.8 Å². The number of benzene rings is 1. The van der Waals surface area contributed by atoms with Crippen molar-refractivity contribution < 1.29 is 9.59 Å². The quantitative estimate of drug-likeness (QED) is 0.886. The van der Waals surface area contributed by atoms with Crippen molar-refractivity contribution in [3.63, 3.8) is 0 Å². The Morgan fingerprint density at radius 1 is 1.29 bits per heavy atom. The predicted octanol–water partition coefficient (Wildman–Crippen LogP) is 2.12. The van der Waals surface area contributed by atoms with E-state index in [4.69, 9.17) is 0 Å². The second-order valence-corrected chi connectivity index (χ2v) is 7.44. The van der Waals surface area contributed by atoms with Crippen LogP contribution in [0.3, 0.4) is 0 Å². The van der Waals surface area contributed by atoms with E-state index in [0.717, 1.165) is 43.1 Å². The molecule has 1 aromatic rings. The molecule has 2 aliphatic rings. The van der Waals surface area contributed by atoms with E-state index in [9.17, 15) is 9.59 Å². The maximum atomic E-state index is 12.4. The zero-order chi connectivity index (χ0) is 16.9. The van der Waals surface area contributed by atoms with Gasteiger partial charge >= 0.3 is 0 Å². The Hall–Kier alpha value is -1.53. The van der Waals surface area contributed by atoms with Gasteiger partial charge in [-0.25, -0.2) is 0 Å². The van der Waals surface area contributed by atoms with Gasteiger partial charge in [-0.1, -0.05) is 19.1 Å². The summed E-state index contributed by atoms with van der Waals surface area (Å²) >= 11 is 1.54. The summed E-state index contributed by atoms with van der Waals surface area (Å²) in [6.07, 6.45) is 3.16. The van der Waals surface area contributed by atoms with Gasteiger partial charge in [-0.05, 0) is 37.9 Å². The molecule has 1 fully saturated rings. The summed E-state index contributed by atoms with van der Waals surface area (Å²) in [6.45, 7) is 5.53. The molecule has 2 aliphatic heterocycles. The van der Waals surface area contributed by atoms with Gasteiger partial charge in [-0.15, -0.1) is 11.8 Å². The number of anilines is 1. The lowest BCUT2D eigenvalue weighted by Crippen LogP contribution is -2.49. The molecule has 6 heteroatoms. The summed E-state index contributed by atoms with van der Waals surface area (Å²) in [5.41, 5.74) is 0.853. The largest absolute Gasteiger partial charge is 0.352 e. The number of rotatable bonds is 5. The molecule has 1 saturated heterocycles. The standard InChI is InChI=1S/C18H25N3O2S/c1-2-9-20-10-7-14(8-11-20)19-17(22)12-21-15-5-3-4-6-16(15)24-13-18(21)23/h3-6,14H,2,7-13H2,1H3,(H,19,22). The third-order valence-electron chi connectivity index (χ3n) is 4.60. The molecule has 2 amide bonds. The van der Waals surface area contributed by atoms with Crippen LogP contribution < -0.4 is 10.2 Å². The van der Waals surface area contributed by atoms with E-state index in [2.05, 4.69) is 17.1 Å². The number of nitrogens with zero attached hydrogens (tertiary/aromatic N) is 2. The molecule has 3 rings (SSSR count). The van der Waals surface area contributed by atoms with Gasteiger partial charge in [0, 0.05) is 24.0 Å². The molecular weight excluding hydrogens is 322 g/mol. The maximum absolute atomic E-state index is 12.4. The van der Waals surface area contributed by atoms with Crippen molar-refractivity contribution in [3.8, 4) is 0 Å². The molecule has 0 spiro atoms. The highest BCUT2D eigenvalue weighted by Gasteiger charge is 2.27. The minimum absolute atomic E-state index is 0.00613. The Morgan fingerprint density at radius 3 is 2.79 bits per heavy atom. The SMILES string of the molecule is CCCN1CCC(NC(=O)CN2C(=O)CSc3ccccc32)CC1.